The van der Waals surface area contributed by atoms with Crippen LogP contribution in [0.2, 0.25) is 5.02 Å². The number of rotatable bonds is 9. The van der Waals surface area contributed by atoms with Crippen LogP contribution in [0.5, 0.6) is 5.75 Å². The van der Waals surface area contributed by atoms with Gasteiger partial charge in [-0.1, -0.05) is 47.5 Å². The minimum Gasteiger partial charge on any atom is -0.493 e. The van der Waals surface area contributed by atoms with E-state index in [-0.39, 0.29) is 32.9 Å². The molecule has 0 aliphatic carbocycles. The summed E-state index contributed by atoms with van der Waals surface area (Å²) in [7, 11) is -6.73. The molecule has 0 aliphatic rings. The number of sulfone groups is 1. The number of anilines is 1. The highest BCUT2D eigenvalue weighted by Crippen LogP contribution is 2.37. The van der Waals surface area contributed by atoms with Crippen LogP contribution in [-0.4, -0.2) is 39.5 Å². The van der Waals surface area contributed by atoms with Crippen LogP contribution in [0.4, 0.5) is 5.69 Å². The first-order valence-corrected chi connectivity index (χ1v) is 14.5. The number of aryl methyl sites for hydroxylation is 1. The van der Waals surface area contributed by atoms with E-state index in [1.54, 1.807) is 36.4 Å². The molecule has 0 atom stereocenters. The standard InChI is InChI=1S/C25H23ClN2O7S2/c1-16-7-9-18(10-8-16)37(32,33)28-12-11-19(26)24(28)22-13-23(34-2)25(35-22)21(29)15-36(30,31)14-17-5-3-4-6-20(17)27/h3-13H,14-15,27H2,1-2H3. The summed E-state index contributed by atoms with van der Waals surface area (Å²) in [6, 6.07) is 15.4. The number of nitrogen functional groups attached to an aromatic ring is 1. The fourth-order valence-corrected chi connectivity index (χ4v) is 6.72. The molecular weight excluding hydrogens is 540 g/mol. The molecule has 4 aromatic rings. The monoisotopic (exact) mass is 562 g/mol. The molecular formula is C25H23ClN2O7S2. The molecule has 2 heterocycles. The summed E-state index contributed by atoms with van der Waals surface area (Å²) in [4.78, 5) is 13.0. The number of carbonyl (C=O) groups excluding carboxylic acids is 1. The van der Waals surface area contributed by atoms with E-state index in [0.29, 0.717) is 11.3 Å². The van der Waals surface area contributed by atoms with Gasteiger partial charge in [-0.2, -0.15) is 0 Å². The number of Topliss-reactive ketones (excluding diaryl/α,β-unsaturated/α-hetero) is 1. The Morgan fingerprint density at radius 3 is 2.38 bits per heavy atom. The second kappa shape index (κ2) is 10.1. The lowest BCUT2D eigenvalue weighted by atomic mass is 10.2. The fourth-order valence-electron chi connectivity index (χ4n) is 3.70. The summed E-state index contributed by atoms with van der Waals surface area (Å²) in [6.45, 7) is 1.83. The summed E-state index contributed by atoms with van der Waals surface area (Å²) in [5.74, 6) is -2.71. The smallest absolute Gasteiger partial charge is 0.268 e. The largest absolute Gasteiger partial charge is 0.493 e. The number of furan rings is 1. The minimum absolute atomic E-state index is 0.0210. The number of nitrogens with two attached hydrogens (primary N) is 1. The van der Waals surface area contributed by atoms with Crippen LogP contribution >= 0.6 is 11.6 Å². The van der Waals surface area contributed by atoms with E-state index in [0.717, 1.165) is 9.54 Å². The zero-order valence-electron chi connectivity index (χ0n) is 19.8. The molecule has 0 radical (unpaired) electrons. The fraction of sp³-hybridized carbons (Fsp3) is 0.160. The third-order valence-corrected chi connectivity index (χ3v) is 9.01. The van der Waals surface area contributed by atoms with Crippen molar-refractivity contribution in [1.82, 2.24) is 3.97 Å². The van der Waals surface area contributed by atoms with E-state index in [1.165, 1.54) is 37.6 Å². The van der Waals surface area contributed by atoms with Crippen molar-refractivity contribution in [1.29, 1.82) is 0 Å². The molecule has 4 rings (SSSR count). The average Bonchev–Trinajstić information content (AvgIpc) is 3.44. The highest BCUT2D eigenvalue weighted by Gasteiger charge is 2.29. The highest BCUT2D eigenvalue weighted by atomic mass is 35.5. The van der Waals surface area contributed by atoms with Gasteiger partial charge in [0.05, 0.1) is 22.8 Å². The van der Waals surface area contributed by atoms with Crippen LogP contribution in [0.15, 0.2) is 76.2 Å². The van der Waals surface area contributed by atoms with Crippen LogP contribution in [0.3, 0.4) is 0 Å². The molecule has 0 spiro atoms. The van der Waals surface area contributed by atoms with Crippen molar-refractivity contribution >= 4 is 42.9 Å². The molecule has 2 aromatic heterocycles. The average molecular weight is 563 g/mol. The zero-order valence-corrected chi connectivity index (χ0v) is 22.2. The van der Waals surface area contributed by atoms with Crippen molar-refractivity contribution in [2.24, 2.45) is 0 Å². The number of carbonyl (C=O) groups is 1. The molecule has 0 saturated heterocycles. The number of hydrogen-bond donors (Lipinski definition) is 1. The molecule has 9 nitrogen and oxygen atoms in total. The van der Waals surface area contributed by atoms with Gasteiger partial charge in [0.1, 0.15) is 11.4 Å². The van der Waals surface area contributed by atoms with Gasteiger partial charge in [-0.25, -0.2) is 20.8 Å². The van der Waals surface area contributed by atoms with E-state index >= 15 is 0 Å². The number of hydrogen-bond acceptors (Lipinski definition) is 8. The summed E-state index contributed by atoms with van der Waals surface area (Å²) in [5.41, 5.74) is 7.34. The molecule has 0 saturated carbocycles. The SMILES string of the molecule is COc1cc(-c2c(Cl)ccn2S(=O)(=O)c2ccc(C)cc2)oc1C(=O)CS(=O)(=O)Cc1ccccc1N. The van der Waals surface area contributed by atoms with Crippen molar-refractivity contribution in [2.75, 3.05) is 18.6 Å². The maximum absolute atomic E-state index is 13.3. The molecule has 0 bridgehead atoms. The number of methoxy groups -OCH3 is 1. The number of para-hydroxylation sites is 1. The first kappa shape index (κ1) is 26.5. The molecule has 0 fully saturated rings. The predicted octanol–water partition coefficient (Wildman–Crippen LogP) is 4.34. The lowest BCUT2D eigenvalue weighted by molar-refractivity contribution is 0.0987. The van der Waals surface area contributed by atoms with Crippen molar-refractivity contribution in [3.8, 4) is 17.2 Å². The van der Waals surface area contributed by atoms with Crippen LogP contribution < -0.4 is 10.5 Å². The van der Waals surface area contributed by atoms with Crippen LogP contribution in [0.1, 0.15) is 21.7 Å². The van der Waals surface area contributed by atoms with Gasteiger partial charge in [0.2, 0.25) is 11.5 Å². The van der Waals surface area contributed by atoms with Gasteiger partial charge in [0, 0.05) is 18.0 Å². The lowest BCUT2D eigenvalue weighted by Crippen LogP contribution is -2.18. The lowest BCUT2D eigenvalue weighted by Gasteiger charge is -2.10. The quantitative estimate of drug-likeness (QED) is 0.235. The Morgan fingerprint density at radius 1 is 1.05 bits per heavy atom. The van der Waals surface area contributed by atoms with E-state index in [1.807, 2.05) is 6.92 Å². The van der Waals surface area contributed by atoms with Gasteiger partial charge >= 0.3 is 0 Å². The number of halogens is 1. The Bertz CT molecular complexity index is 1690. The summed E-state index contributed by atoms with van der Waals surface area (Å²) < 4.78 is 63.9. The van der Waals surface area contributed by atoms with Gasteiger partial charge in [-0.15, -0.1) is 0 Å². The van der Waals surface area contributed by atoms with Crippen molar-refractivity contribution in [3.63, 3.8) is 0 Å². The van der Waals surface area contributed by atoms with Gasteiger partial charge in [-0.3, -0.25) is 4.79 Å². The normalized spacial score (nSPS) is 12.0. The summed E-state index contributed by atoms with van der Waals surface area (Å²) in [6.07, 6.45) is 1.26. The highest BCUT2D eigenvalue weighted by molar-refractivity contribution is 7.91. The van der Waals surface area contributed by atoms with Crippen LogP contribution in [-0.2, 0) is 25.6 Å². The maximum Gasteiger partial charge on any atom is 0.268 e. The van der Waals surface area contributed by atoms with Gasteiger partial charge in [0.15, 0.2) is 21.3 Å². The maximum atomic E-state index is 13.3. The number of ketones is 1. The third-order valence-electron chi connectivity index (χ3n) is 5.57. The Labute approximate surface area is 219 Å². The van der Waals surface area contributed by atoms with Gasteiger partial charge < -0.3 is 14.9 Å². The Kier molecular flexibility index (Phi) is 7.22. The number of nitrogens with zero attached hydrogens (tertiary/aromatic N) is 1. The minimum atomic E-state index is -4.07. The summed E-state index contributed by atoms with van der Waals surface area (Å²) >= 11 is 6.32. The van der Waals surface area contributed by atoms with Crippen LogP contribution in [0, 0.1) is 6.92 Å². The third kappa shape index (κ3) is 5.43. The molecule has 12 heteroatoms. The predicted molar refractivity (Wildman–Crippen MR) is 140 cm³/mol. The number of benzene rings is 2. The Hall–Kier alpha value is -3.54. The second-order valence-electron chi connectivity index (χ2n) is 8.29. The Morgan fingerprint density at radius 2 is 1.73 bits per heavy atom. The number of ether oxygens (including phenoxy) is 1. The topological polar surface area (TPSA) is 139 Å². The molecule has 0 amide bonds. The number of aromatic nitrogens is 1. The van der Waals surface area contributed by atoms with E-state index in [2.05, 4.69) is 0 Å². The summed E-state index contributed by atoms with van der Waals surface area (Å²) in [5, 5.41) is 0.0401. The second-order valence-corrected chi connectivity index (χ2v) is 12.6. The molecule has 2 N–H and O–H groups in total. The van der Waals surface area contributed by atoms with Crippen molar-refractivity contribution in [3.05, 3.63) is 88.8 Å². The Balaban J connectivity index is 1.69. The first-order valence-electron chi connectivity index (χ1n) is 10.9. The molecule has 0 unspecified atom stereocenters. The van der Waals surface area contributed by atoms with E-state index < -0.39 is 37.1 Å². The van der Waals surface area contributed by atoms with Crippen molar-refractivity contribution in [2.45, 2.75) is 17.6 Å². The van der Waals surface area contributed by atoms with Crippen LogP contribution in [0.25, 0.3) is 11.5 Å². The van der Waals surface area contributed by atoms with Crippen molar-refractivity contribution < 1.29 is 30.8 Å². The molecule has 2 aromatic carbocycles. The molecule has 194 valence electrons. The molecule has 0 aliphatic heterocycles. The zero-order chi connectivity index (χ0) is 27.0. The van der Waals surface area contributed by atoms with Gasteiger partial charge in [0.25, 0.3) is 10.0 Å². The van der Waals surface area contributed by atoms with E-state index in [4.69, 9.17) is 26.5 Å². The van der Waals surface area contributed by atoms with Gasteiger partial charge in [-0.05, 0) is 36.8 Å². The van der Waals surface area contributed by atoms with E-state index in [9.17, 15) is 21.6 Å². The first-order chi connectivity index (χ1) is 17.4. The molecule has 37 heavy (non-hydrogen) atoms.